The van der Waals surface area contributed by atoms with Gasteiger partial charge in [-0.3, -0.25) is 0 Å². The summed E-state index contributed by atoms with van der Waals surface area (Å²) in [7, 11) is 1.72. The van der Waals surface area contributed by atoms with E-state index < -0.39 is 29.0 Å². The van der Waals surface area contributed by atoms with Gasteiger partial charge in [-0.25, -0.2) is 4.98 Å². The Balaban J connectivity index is 2.50. The third kappa shape index (κ3) is 4.65. The van der Waals surface area contributed by atoms with E-state index in [0.29, 0.717) is 18.4 Å². The van der Waals surface area contributed by atoms with Crippen molar-refractivity contribution >= 4 is 11.0 Å². The number of H-pyrrole nitrogens is 1. The summed E-state index contributed by atoms with van der Waals surface area (Å²) in [6.07, 6.45) is -8.74. The number of alkyl halides is 6. The van der Waals surface area contributed by atoms with Gasteiger partial charge in [0.2, 0.25) is 0 Å². The molecule has 0 aliphatic heterocycles. The monoisotopic (exact) mass is 367 g/mol. The number of benzene rings is 1. The van der Waals surface area contributed by atoms with E-state index in [2.05, 4.69) is 15.3 Å². The fourth-order valence-corrected chi connectivity index (χ4v) is 2.75. The van der Waals surface area contributed by atoms with Crippen LogP contribution >= 0.6 is 0 Å². The number of hydrogen-bond donors (Lipinski definition) is 2. The van der Waals surface area contributed by atoms with Crippen LogP contribution in [0.1, 0.15) is 37.2 Å². The van der Waals surface area contributed by atoms with Crippen LogP contribution in [0.4, 0.5) is 26.3 Å². The fourth-order valence-electron chi connectivity index (χ4n) is 2.75. The second-order valence-corrected chi connectivity index (χ2v) is 6.42. The second kappa shape index (κ2) is 6.86. The molecule has 2 aromatic rings. The van der Waals surface area contributed by atoms with Crippen LogP contribution in [0, 0.1) is 5.92 Å². The van der Waals surface area contributed by atoms with Crippen molar-refractivity contribution in [3.63, 3.8) is 0 Å². The number of nitrogens with zero attached hydrogens (tertiary/aromatic N) is 1. The number of likely N-dealkylation sites (N-methyl/N-ethyl adjacent to an activating group) is 1. The lowest BCUT2D eigenvalue weighted by Gasteiger charge is -2.16. The van der Waals surface area contributed by atoms with Crippen LogP contribution in [0.3, 0.4) is 0 Å². The first kappa shape index (κ1) is 19.6. The lowest BCUT2D eigenvalue weighted by molar-refractivity contribution is -0.142. The molecule has 1 aromatic carbocycles. The van der Waals surface area contributed by atoms with E-state index in [4.69, 9.17) is 0 Å². The molecule has 0 fully saturated rings. The highest BCUT2D eigenvalue weighted by Gasteiger charge is 2.39. The molecular weight excluding hydrogens is 348 g/mol. The smallest absolute Gasteiger partial charge is 0.342 e. The van der Waals surface area contributed by atoms with Crippen molar-refractivity contribution in [3.05, 3.63) is 29.1 Å². The number of aromatic nitrogens is 2. The minimum absolute atomic E-state index is 0.0445. The van der Waals surface area contributed by atoms with Crippen molar-refractivity contribution in [2.45, 2.75) is 45.1 Å². The van der Waals surface area contributed by atoms with Gasteiger partial charge in [0.05, 0.1) is 16.6 Å². The summed E-state index contributed by atoms with van der Waals surface area (Å²) in [5.41, 5.74) is -3.49. The lowest BCUT2D eigenvalue weighted by Crippen LogP contribution is -2.29. The van der Waals surface area contributed by atoms with Crippen molar-refractivity contribution in [2.75, 3.05) is 7.05 Å². The third-order valence-corrected chi connectivity index (χ3v) is 3.87. The van der Waals surface area contributed by atoms with Gasteiger partial charge in [-0.05, 0) is 31.5 Å². The summed E-state index contributed by atoms with van der Waals surface area (Å²) >= 11 is 0. The Labute approximate surface area is 140 Å². The highest BCUT2D eigenvalue weighted by atomic mass is 19.4. The first-order valence-corrected chi connectivity index (χ1v) is 7.76. The summed E-state index contributed by atoms with van der Waals surface area (Å²) in [4.78, 5) is 6.52. The van der Waals surface area contributed by atoms with E-state index in [-0.39, 0.29) is 23.4 Å². The molecule has 0 aliphatic rings. The molecule has 1 aromatic heterocycles. The molecule has 0 aliphatic carbocycles. The molecule has 9 heteroatoms. The summed E-state index contributed by atoms with van der Waals surface area (Å²) in [6.45, 7) is 4.00. The normalized spacial score (nSPS) is 14.5. The van der Waals surface area contributed by atoms with E-state index in [1.165, 1.54) is 0 Å². The standard InChI is InChI=1S/C16H19F6N3/c1-8(2)4-10(23-3)7-13-24-12-6-9(15(17,18)19)5-11(14(12)25-13)16(20,21)22/h5-6,8,10,23H,4,7H2,1-3H3,(H,24,25)/t10-/m0/s1. The Morgan fingerprint density at radius 1 is 1.08 bits per heavy atom. The number of imidazole rings is 1. The maximum atomic E-state index is 13.2. The number of fused-ring (bicyclic) bond motifs is 1. The van der Waals surface area contributed by atoms with E-state index in [0.717, 1.165) is 6.42 Å². The molecule has 1 atom stereocenters. The van der Waals surface area contributed by atoms with Crippen molar-refractivity contribution < 1.29 is 26.3 Å². The number of nitrogens with one attached hydrogen (secondary N) is 2. The topological polar surface area (TPSA) is 40.7 Å². The lowest BCUT2D eigenvalue weighted by atomic mass is 10.0. The van der Waals surface area contributed by atoms with Gasteiger partial charge in [-0.2, -0.15) is 26.3 Å². The molecule has 0 radical (unpaired) electrons. The minimum atomic E-state index is -4.92. The molecule has 25 heavy (non-hydrogen) atoms. The summed E-state index contributed by atoms with van der Waals surface area (Å²) in [6, 6.07) is 0.728. The molecule has 0 spiro atoms. The zero-order valence-corrected chi connectivity index (χ0v) is 13.9. The van der Waals surface area contributed by atoms with Crippen LogP contribution < -0.4 is 5.32 Å². The van der Waals surface area contributed by atoms with Gasteiger partial charge < -0.3 is 10.3 Å². The molecule has 0 saturated heterocycles. The van der Waals surface area contributed by atoms with Crippen molar-refractivity contribution in [3.8, 4) is 0 Å². The summed E-state index contributed by atoms with van der Waals surface area (Å²) in [5.74, 6) is 0.573. The molecule has 1 heterocycles. The molecule has 3 nitrogen and oxygen atoms in total. The zero-order valence-electron chi connectivity index (χ0n) is 13.9. The Kier molecular flexibility index (Phi) is 5.36. The quantitative estimate of drug-likeness (QED) is 0.747. The molecule has 2 rings (SSSR count). The molecule has 0 bridgehead atoms. The van der Waals surface area contributed by atoms with Gasteiger partial charge in [-0.1, -0.05) is 13.8 Å². The second-order valence-electron chi connectivity index (χ2n) is 6.42. The number of aromatic amines is 1. The third-order valence-electron chi connectivity index (χ3n) is 3.87. The van der Waals surface area contributed by atoms with E-state index >= 15 is 0 Å². The zero-order chi connectivity index (χ0) is 19.0. The first-order valence-electron chi connectivity index (χ1n) is 7.76. The molecule has 140 valence electrons. The van der Waals surface area contributed by atoms with E-state index in [9.17, 15) is 26.3 Å². The Morgan fingerprint density at radius 3 is 2.20 bits per heavy atom. The Morgan fingerprint density at radius 2 is 1.72 bits per heavy atom. The van der Waals surface area contributed by atoms with Crippen molar-refractivity contribution in [1.29, 1.82) is 0 Å². The maximum Gasteiger partial charge on any atom is 0.418 e. The van der Waals surface area contributed by atoms with Gasteiger partial charge in [0.25, 0.3) is 0 Å². The summed E-state index contributed by atoms with van der Waals surface area (Å²) < 4.78 is 78.1. The van der Waals surface area contributed by atoms with Gasteiger partial charge in [0, 0.05) is 12.5 Å². The minimum Gasteiger partial charge on any atom is -0.342 e. The van der Waals surface area contributed by atoms with Crippen LogP contribution in [0.25, 0.3) is 11.0 Å². The highest BCUT2D eigenvalue weighted by molar-refractivity contribution is 5.80. The van der Waals surface area contributed by atoms with Gasteiger partial charge >= 0.3 is 12.4 Å². The van der Waals surface area contributed by atoms with Gasteiger partial charge in [0.15, 0.2) is 0 Å². The number of halogens is 6. The van der Waals surface area contributed by atoms with Crippen molar-refractivity contribution in [2.24, 2.45) is 5.92 Å². The molecule has 0 saturated carbocycles. The van der Waals surface area contributed by atoms with Crippen LogP contribution in [0.5, 0.6) is 0 Å². The average molecular weight is 367 g/mol. The van der Waals surface area contributed by atoms with Crippen LogP contribution in [-0.4, -0.2) is 23.1 Å². The van der Waals surface area contributed by atoms with E-state index in [1.807, 2.05) is 13.8 Å². The fraction of sp³-hybridized carbons (Fsp3) is 0.562. The van der Waals surface area contributed by atoms with Crippen LogP contribution in [-0.2, 0) is 18.8 Å². The first-order chi connectivity index (χ1) is 11.4. The average Bonchev–Trinajstić information content (AvgIpc) is 2.84. The largest absolute Gasteiger partial charge is 0.418 e. The SMILES string of the molecule is CN[C@H](Cc1nc2c(C(F)(F)F)cc(C(F)(F)F)cc2[nH]1)CC(C)C. The van der Waals surface area contributed by atoms with Crippen LogP contribution in [0.15, 0.2) is 12.1 Å². The molecule has 2 N–H and O–H groups in total. The van der Waals surface area contributed by atoms with E-state index in [1.54, 1.807) is 7.05 Å². The highest BCUT2D eigenvalue weighted by Crippen LogP contribution is 2.39. The van der Waals surface area contributed by atoms with Gasteiger partial charge in [-0.15, -0.1) is 0 Å². The molecule has 0 amide bonds. The maximum absolute atomic E-state index is 13.2. The van der Waals surface area contributed by atoms with Crippen molar-refractivity contribution in [1.82, 2.24) is 15.3 Å². The number of hydrogen-bond acceptors (Lipinski definition) is 2. The predicted octanol–water partition coefficient (Wildman–Crippen LogP) is 4.78. The Hall–Kier alpha value is -1.77. The van der Waals surface area contributed by atoms with Crippen LogP contribution in [0.2, 0.25) is 0 Å². The molecular formula is C16H19F6N3. The predicted molar refractivity (Wildman–Crippen MR) is 82.1 cm³/mol. The summed E-state index contributed by atoms with van der Waals surface area (Å²) in [5, 5.41) is 3.04. The number of rotatable bonds is 5. The molecule has 0 unspecified atom stereocenters. The Bertz CT molecular complexity index is 730. The van der Waals surface area contributed by atoms with Gasteiger partial charge in [0.1, 0.15) is 11.3 Å².